The summed E-state index contributed by atoms with van der Waals surface area (Å²) in [6.07, 6.45) is 0. The first-order chi connectivity index (χ1) is 26.8. The summed E-state index contributed by atoms with van der Waals surface area (Å²) in [5, 5.41) is 9.88. The van der Waals surface area contributed by atoms with E-state index in [1.165, 1.54) is 110 Å². The summed E-state index contributed by atoms with van der Waals surface area (Å²) in [5.74, 6) is 0. The largest absolute Gasteiger partial charge is 0.456 e. The van der Waals surface area contributed by atoms with E-state index in [4.69, 9.17) is 4.42 Å². The van der Waals surface area contributed by atoms with Crippen molar-refractivity contribution in [3.05, 3.63) is 204 Å². The van der Waals surface area contributed by atoms with Crippen molar-refractivity contribution >= 4 is 54.3 Å². The highest BCUT2D eigenvalue weighted by Gasteiger charge is 2.51. The average molecular weight is 683 g/mol. The third-order valence-corrected chi connectivity index (χ3v) is 12.7. The van der Waals surface area contributed by atoms with Gasteiger partial charge >= 0.3 is 0 Å². The van der Waals surface area contributed by atoms with Gasteiger partial charge in [0, 0.05) is 10.8 Å². The molecule has 2 aliphatic carbocycles. The second-order valence-corrected chi connectivity index (χ2v) is 15.0. The minimum atomic E-state index is -0.351. The summed E-state index contributed by atoms with van der Waals surface area (Å²) >= 11 is 0. The van der Waals surface area contributed by atoms with Gasteiger partial charge < -0.3 is 4.42 Å². The van der Waals surface area contributed by atoms with Crippen LogP contribution in [-0.2, 0) is 5.41 Å². The van der Waals surface area contributed by atoms with Gasteiger partial charge in [-0.15, -0.1) is 0 Å². The van der Waals surface area contributed by atoms with Crippen molar-refractivity contribution in [2.45, 2.75) is 5.41 Å². The predicted molar refractivity (Wildman–Crippen MR) is 225 cm³/mol. The van der Waals surface area contributed by atoms with Crippen LogP contribution in [0.1, 0.15) is 22.3 Å². The molecule has 0 saturated carbocycles. The lowest BCUT2D eigenvalue weighted by Gasteiger charge is -2.30. The molecule has 13 rings (SSSR count). The minimum Gasteiger partial charge on any atom is -0.456 e. The zero-order valence-electron chi connectivity index (χ0n) is 29.2. The summed E-state index contributed by atoms with van der Waals surface area (Å²) < 4.78 is 6.39. The predicted octanol–water partition coefficient (Wildman–Crippen LogP) is 14.2. The van der Waals surface area contributed by atoms with Gasteiger partial charge in [0.25, 0.3) is 0 Å². The molecule has 0 unspecified atom stereocenters. The van der Waals surface area contributed by atoms with Gasteiger partial charge in [0.05, 0.1) is 5.41 Å². The van der Waals surface area contributed by atoms with Gasteiger partial charge in [0.1, 0.15) is 11.2 Å². The third-order valence-electron chi connectivity index (χ3n) is 12.7. The zero-order chi connectivity index (χ0) is 35.1. The lowest BCUT2D eigenvalue weighted by atomic mass is 9.70. The molecule has 0 amide bonds. The van der Waals surface area contributed by atoms with Gasteiger partial charge in [-0.3, -0.25) is 0 Å². The van der Waals surface area contributed by atoms with Gasteiger partial charge in [0.15, 0.2) is 0 Å². The van der Waals surface area contributed by atoms with Crippen LogP contribution < -0.4 is 0 Å². The number of fused-ring (bicyclic) bond motifs is 12. The van der Waals surface area contributed by atoms with E-state index in [1.807, 2.05) is 0 Å². The van der Waals surface area contributed by atoms with Crippen LogP contribution in [0.2, 0.25) is 0 Å². The molecular formula is C53H30O. The Morgan fingerprint density at radius 2 is 0.852 bits per heavy atom. The average Bonchev–Trinajstić information content (AvgIpc) is 3.87. The van der Waals surface area contributed by atoms with E-state index in [0.717, 1.165) is 11.2 Å². The fourth-order valence-electron chi connectivity index (χ4n) is 10.6. The van der Waals surface area contributed by atoms with Gasteiger partial charge in [-0.05, 0) is 123 Å². The van der Waals surface area contributed by atoms with Crippen molar-refractivity contribution in [2.75, 3.05) is 0 Å². The topological polar surface area (TPSA) is 13.1 Å². The molecule has 248 valence electrons. The molecule has 10 aromatic carbocycles. The van der Waals surface area contributed by atoms with E-state index >= 15 is 0 Å². The minimum absolute atomic E-state index is 0.351. The maximum Gasteiger partial charge on any atom is 0.136 e. The zero-order valence-corrected chi connectivity index (χ0v) is 29.2. The summed E-state index contributed by atoms with van der Waals surface area (Å²) in [4.78, 5) is 0. The van der Waals surface area contributed by atoms with Crippen molar-refractivity contribution in [2.24, 2.45) is 0 Å². The number of furan rings is 1. The Labute approximate surface area is 311 Å². The van der Waals surface area contributed by atoms with Crippen LogP contribution in [0, 0.1) is 0 Å². The molecule has 0 aliphatic heterocycles. The van der Waals surface area contributed by atoms with Crippen LogP contribution in [0.4, 0.5) is 0 Å². The molecule has 0 N–H and O–H groups in total. The van der Waals surface area contributed by atoms with E-state index in [1.54, 1.807) is 0 Å². The Balaban J connectivity index is 1.10. The third kappa shape index (κ3) is 3.37. The second-order valence-electron chi connectivity index (χ2n) is 15.0. The summed E-state index contributed by atoms with van der Waals surface area (Å²) in [6.45, 7) is 0. The van der Waals surface area contributed by atoms with Gasteiger partial charge in [-0.1, -0.05) is 158 Å². The van der Waals surface area contributed by atoms with Crippen molar-refractivity contribution < 1.29 is 4.42 Å². The van der Waals surface area contributed by atoms with Gasteiger partial charge in [-0.2, -0.15) is 0 Å². The van der Waals surface area contributed by atoms with E-state index in [-0.39, 0.29) is 5.41 Å². The summed E-state index contributed by atoms with van der Waals surface area (Å²) in [6, 6.07) is 67.8. The fourth-order valence-corrected chi connectivity index (χ4v) is 10.6. The molecule has 1 nitrogen and oxygen atoms in total. The molecule has 2 aliphatic rings. The molecule has 0 saturated heterocycles. The SMILES string of the molecule is c1ccc2c(c1)-c1ccccc1C21c2ccccc2-c2cc(-c3c4ccccc4c(-c4ccc5oc6cccc7ccc4c5c76)c4ccccc34)ccc21. The van der Waals surface area contributed by atoms with Crippen LogP contribution in [0.3, 0.4) is 0 Å². The first-order valence-electron chi connectivity index (χ1n) is 18.8. The molecular weight excluding hydrogens is 653 g/mol. The van der Waals surface area contributed by atoms with Crippen LogP contribution in [0.5, 0.6) is 0 Å². The van der Waals surface area contributed by atoms with Crippen LogP contribution in [-0.4, -0.2) is 0 Å². The highest BCUT2D eigenvalue weighted by molar-refractivity contribution is 6.28. The number of hydrogen-bond donors (Lipinski definition) is 0. The highest BCUT2D eigenvalue weighted by Crippen LogP contribution is 2.63. The van der Waals surface area contributed by atoms with E-state index in [0.29, 0.717) is 0 Å². The molecule has 11 aromatic rings. The summed E-state index contributed by atoms with van der Waals surface area (Å²) in [5.41, 5.74) is 17.3. The lowest BCUT2D eigenvalue weighted by molar-refractivity contribution is 0.669. The highest BCUT2D eigenvalue weighted by atomic mass is 16.3. The normalized spacial score (nSPS) is 13.7. The first-order valence-corrected chi connectivity index (χ1v) is 18.8. The molecule has 54 heavy (non-hydrogen) atoms. The first kappa shape index (κ1) is 28.6. The van der Waals surface area contributed by atoms with Crippen molar-refractivity contribution in [3.63, 3.8) is 0 Å². The van der Waals surface area contributed by atoms with Gasteiger partial charge in [0.2, 0.25) is 0 Å². The van der Waals surface area contributed by atoms with Crippen LogP contribution >= 0.6 is 0 Å². The monoisotopic (exact) mass is 682 g/mol. The van der Waals surface area contributed by atoms with Crippen LogP contribution in [0.15, 0.2) is 186 Å². The Morgan fingerprint density at radius 3 is 1.50 bits per heavy atom. The number of benzene rings is 10. The Kier molecular flexibility index (Phi) is 5.36. The smallest absolute Gasteiger partial charge is 0.136 e. The Morgan fingerprint density at radius 1 is 0.315 bits per heavy atom. The maximum atomic E-state index is 6.39. The number of rotatable bonds is 2. The molecule has 0 radical (unpaired) electrons. The van der Waals surface area contributed by atoms with E-state index < -0.39 is 0 Å². The van der Waals surface area contributed by atoms with Crippen molar-refractivity contribution in [1.29, 1.82) is 0 Å². The van der Waals surface area contributed by atoms with E-state index in [2.05, 4.69) is 182 Å². The van der Waals surface area contributed by atoms with Gasteiger partial charge in [-0.25, -0.2) is 0 Å². The summed E-state index contributed by atoms with van der Waals surface area (Å²) in [7, 11) is 0. The Bertz CT molecular complexity index is 3290. The molecule has 0 atom stereocenters. The van der Waals surface area contributed by atoms with E-state index in [9.17, 15) is 0 Å². The molecule has 1 spiro atoms. The number of hydrogen-bond acceptors (Lipinski definition) is 1. The standard InChI is InChI=1S/C53H30O/c1-3-18-38-36(16-1)49(37-17-2-4-19-39(37)51(38)40-27-29-48-52-41(40)26-24-31-12-11-23-47(54-48)50(31)52)32-25-28-46-42(30-32)35-15-7-10-22-45(35)53(46)43-20-8-5-13-33(43)34-14-6-9-21-44(34)53/h1-30H. The second kappa shape index (κ2) is 10.1. The molecule has 1 heteroatoms. The quantitative estimate of drug-likeness (QED) is 0.131. The maximum absolute atomic E-state index is 6.39. The molecule has 1 heterocycles. The Hall–Kier alpha value is -6.96. The molecule has 0 fully saturated rings. The van der Waals surface area contributed by atoms with Crippen molar-refractivity contribution in [1.82, 2.24) is 0 Å². The van der Waals surface area contributed by atoms with Crippen molar-refractivity contribution in [3.8, 4) is 44.5 Å². The molecule has 1 aromatic heterocycles. The fraction of sp³-hybridized carbons (Fsp3) is 0.0189. The lowest BCUT2D eigenvalue weighted by Crippen LogP contribution is -2.25. The molecule has 0 bridgehead atoms. The van der Waals surface area contributed by atoms with Crippen LogP contribution in [0.25, 0.3) is 98.8 Å².